The molecule has 21 heavy (non-hydrogen) atoms. The Morgan fingerprint density at radius 1 is 1.43 bits per heavy atom. The second-order valence-electron chi connectivity index (χ2n) is 5.07. The van der Waals surface area contributed by atoms with Gasteiger partial charge in [-0.2, -0.15) is 0 Å². The Morgan fingerprint density at radius 2 is 2.14 bits per heavy atom. The Kier molecular flexibility index (Phi) is 4.90. The van der Waals surface area contributed by atoms with Gasteiger partial charge >= 0.3 is 0 Å². The highest BCUT2D eigenvalue weighted by atomic mass is 32.2. The van der Waals surface area contributed by atoms with Crippen LogP contribution in [0.15, 0.2) is 29.2 Å². The molecular formula is C15H20N2O3S. The van der Waals surface area contributed by atoms with Crippen LogP contribution in [0, 0.1) is 0 Å². The van der Waals surface area contributed by atoms with Crippen molar-refractivity contribution in [2.24, 2.45) is 0 Å². The Hall–Kier alpha value is -1.53. The van der Waals surface area contributed by atoms with Gasteiger partial charge in [0.25, 0.3) is 5.91 Å². The van der Waals surface area contributed by atoms with Gasteiger partial charge < -0.3 is 15.0 Å². The van der Waals surface area contributed by atoms with E-state index < -0.39 is 4.75 Å². The van der Waals surface area contributed by atoms with Gasteiger partial charge in [-0.15, -0.1) is 0 Å². The third kappa shape index (κ3) is 3.06. The van der Waals surface area contributed by atoms with Crippen molar-refractivity contribution in [3.63, 3.8) is 0 Å². The molecule has 0 aliphatic carbocycles. The van der Waals surface area contributed by atoms with Gasteiger partial charge in [0, 0.05) is 32.2 Å². The van der Waals surface area contributed by atoms with Crippen LogP contribution >= 0.6 is 11.8 Å². The van der Waals surface area contributed by atoms with Gasteiger partial charge in [-0.05, 0) is 25.5 Å². The topological polar surface area (TPSA) is 58.6 Å². The molecule has 0 bridgehead atoms. The van der Waals surface area contributed by atoms with E-state index in [9.17, 15) is 9.59 Å². The van der Waals surface area contributed by atoms with Crippen molar-refractivity contribution in [2.75, 3.05) is 32.2 Å². The maximum Gasteiger partial charge on any atom is 0.252 e. The van der Waals surface area contributed by atoms with E-state index in [1.807, 2.05) is 24.3 Å². The minimum absolute atomic E-state index is 0.199. The number of rotatable bonds is 5. The average molecular weight is 308 g/mol. The van der Waals surface area contributed by atoms with Crippen LogP contribution in [-0.4, -0.2) is 43.9 Å². The van der Waals surface area contributed by atoms with Crippen LogP contribution in [0.2, 0.25) is 0 Å². The quantitative estimate of drug-likeness (QED) is 0.664. The minimum Gasteiger partial charge on any atom is -0.385 e. The van der Waals surface area contributed by atoms with Crippen LogP contribution in [-0.2, 0) is 14.3 Å². The van der Waals surface area contributed by atoms with E-state index in [1.54, 1.807) is 26.0 Å². The van der Waals surface area contributed by atoms with Gasteiger partial charge in [-0.3, -0.25) is 9.59 Å². The Labute approximate surface area is 129 Å². The lowest BCUT2D eigenvalue weighted by molar-refractivity contribution is -0.131. The molecule has 0 spiro atoms. The van der Waals surface area contributed by atoms with Crippen LogP contribution in [0.5, 0.6) is 0 Å². The SMILES string of the molecule is COCCCNC(=O)[C@@]1(C)Sc2ccccc2N(C)C1=O. The number of carbonyl (C=O) groups excluding carboxylic acids is 2. The number of methoxy groups -OCH3 is 1. The number of ether oxygens (including phenoxy) is 1. The van der Waals surface area contributed by atoms with Crippen molar-refractivity contribution in [1.29, 1.82) is 0 Å². The number of benzene rings is 1. The molecule has 0 fully saturated rings. The molecular weight excluding hydrogens is 288 g/mol. The first-order valence-electron chi connectivity index (χ1n) is 6.84. The predicted molar refractivity (Wildman–Crippen MR) is 83.6 cm³/mol. The van der Waals surface area contributed by atoms with Crippen LogP contribution in [0.25, 0.3) is 0 Å². The summed E-state index contributed by atoms with van der Waals surface area (Å²) in [6.45, 7) is 2.76. The summed E-state index contributed by atoms with van der Waals surface area (Å²) in [5.41, 5.74) is 0.845. The summed E-state index contributed by atoms with van der Waals surface area (Å²) in [6.07, 6.45) is 0.726. The highest BCUT2D eigenvalue weighted by Crippen LogP contribution is 2.44. The van der Waals surface area contributed by atoms with E-state index >= 15 is 0 Å². The molecule has 1 atom stereocenters. The Morgan fingerprint density at radius 3 is 2.86 bits per heavy atom. The monoisotopic (exact) mass is 308 g/mol. The molecule has 0 unspecified atom stereocenters. The molecule has 1 aliphatic heterocycles. The first kappa shape index (κ1) is 15.9. The number of amides is 2. The first-order chi connectivity index (χ1) is 10.0. The van der Waals surface area contributed by atoms with Gasteiger partial charge in [0.2, 0.25) is 5.91 Å². The molecule has 1 aromatic rings. The van der Waals surface area contributed by atoms with Gasteiger partial charge in [0.1, 0.15) is 0 Å². The highest BCUT2D eigenvalue weighted by Gasteiger charge is 2.47. The van der Waals surface area contributed by atoms with E-state index in [1.165, 1.54) is 11.8 Å². The highest BCUT2D eigenvalue weighted by molar-refractivity contribution is 8.02. The number of para-hydroxylation sites is 1. The van der Waals surface area contributed by atoms with E-state index in [-0.39, 0.29) is 11.8 Å². The molecule has 2 rings (SSSR count). The summed E-state index contributed by atoms with van der Waals surface area (Å²) in [4.78, 5) is 27.5. The van der Waals surface area contributed by atoms with Crippen LogP contribution < -0.4 is 10.2 Å². The number of anilines is 1. The van der Waals surface area contributed by atoms with Crippen LogP contribution in [0.4, 0.5) is 5.69 Å². The lowest BCUT2D eigenvalue weighted by Crippen LogP contribution is -2.55. The smallest absolute Gasteiger partial charge is 0.252 e. The summed E-state index contributed by atoms with van der Waals surface area (Å²) in [6, 6.07) is 7.61. The van der Waals surface area contributed by atoms with Crippen molar-refractivity contribution in [3.05, 3.63) is 24.3 Å². The Balaban J connectivity index is 2.15. The number of nitrogens with one attached hydrogen (secondary N) is 1. The molecule has 0 radical (unpaired) electrons. The molecule has 0 aromatic heterocycles. The fraction of sp³-hybridized carbons (Fsp3) is 0.467. The van der Waals surface area contributed by atoms with Gasteiger partial charge in [-0.1, -0.05) is 23.9 Å². The second-order valence-corrected chi connectivity index (χ2v) is 6.53. The molecule has 6 heteroatoms. The summed E-state index contributed by atoms with van der Waals surface area (Å²) in [5, 5.41) is 2.82. The third-order valence-corrected chi connectivity index (χ3v) is 4.83. The number of thioether (sulfide) groups is 1. The molecule has 1 aliphatic rings. The van der Waals surface area contributed by atoms with Gasteiger partial charge in [0.05, 0.1) is 5.69 Å². The summed E-state index contributed by atoms with van der Waals surface area (Å²) in [7, 11) is 3.33. The zero-order chi connectivity index (χ0) is 15.5. The number of hydrogen-bond donors (Lipinski definition) is 1. The minimum atomic E-state index is -1.13. The third-order valence-electron chi connectivity index (χ3n) is 3.50. The molecule has 2 amide bonds. The van der Waals surface area contributed by atoms with E-state index in [2.05, 4.69) is 5.32 Å². The summed E-state index contributed by atoms with van der Waals surface area (Å²) in [5.74, 6) is -0.453. The number of nitrogens with zero attached hydrogens (tertiary/aromatic N) is 1. The normalized spacial score (nSPS) is 21.1. The lowest BCUT2D eigenvalue weighted by atomic mass is 10.1. The molecule has 0 saturated heterocycles. The first-order valence-corrected chi connectivity index (χ1v) is 7.66. The maximum absolute atomic E-state index is 12.6. The fourth-order valence-corrected chi connectivity index (χ4v) is 3.53. The average Bonchev–Trinajstić information content (AvgIpc) is 2.49. The number of carbonyl (C=O) groups is 2. The zero-order valence-electron chi connectivity index (χ0n) is 12.5. The van der Waals surface area contributed by atoms with Crippen LogP contribution in [0.1, 0.15) is 13.3 Å². The van der Waals surface area contributed by atoms with E-state index in [4.69, 9.17) is 4.74 Å². The lowest BCUT2D eigenvalue weighted by Gasteiger charge is -2.36. The molecule has 1 aromatic carbocycles. The van der Waals surface area contributed by atoms with Gasteiger partial charge in [-0.25, -0.2) is 0 Å². The van der Waals surface area contributed by atoms with Crippen LogP contribution in [0.3, 0.4) is 0 Å². The number of fused-ring (bicyclic) bond motifs is 1. The van der Waals surface area contributed by atoms with E-state index in [0.717, 1.165) is 17.0 Å². The van der Waals surface area contributed by atoms with Crippen molar-refractivity contribution in [2.45, 2.75) is 23.0 Å². The van der Waals surface area contributed by atoms with Crippen molar-refractivity contribution >= 4 is 29.3 Å². The maximum atomic E-state index is 12.6. The van der Waals surface area contributed by atoms with Crippen molar-refractivity contribution in [3.8, 4) is 0 Å². The molecule has 114 valence electrons. The number of hydrogen-bond acceptors (Lipinski definition) is 4. The standard InChI is InChI=1S/C15H20N2O3S/c1-15(13(18)16-9-6-10-20-3)14(19)17(2)11-7-4-5-8-12(11)21-15/h4-5,7-8H,6,9-10H2,1-3H3,(H,16,18)/t15-/m1/s1. The molecule has 1 heterocycles. The fourth-order valence-electron chi connectivity index (χ4n) is 2.24. The van der Waals surface area contributed by atoms with E-state index in [0.29, 0.717) is 13.2 Å². The predicted octanol–water partition coefficient (Wildman–Crippen LogP) is 1.67. The Bertz CT molecular complexity index is 549. The summed E-state index contributed by atoms with van der Waals surface area (Å²) >= 11 is 1.31. The largest absolute Gasteiger partial charge is 0.385 e. The molecule has 0 saturated carbocycles. The molecule has 1 N–H and O–H groups in total. The molecule has 5 nitrogen and oxygen atoms in total. The zero-order valence-corrected chi connectivity index (χ0v) is 13.3. The van der Waals surface area contributed by atoms with Crippen molar-refractivity contribution in [1.82, 2.24) is 5.32 Å². The van der Waals surface area contributed by atoms with Gasteiger partial charge in [0.15, 0.2) is 4.75 Å². The summed E-state index contributed by atoms with van der Waals surface area (Å²) < 4.78 is 3.82. The second kappa shape index (κ2) is 6.49. The van der Waals surface area contributed by atoms with Crippen molar-refractivity contribution < 1.29 is 14.3 Å².